The lowest BCUT2D eigenvalue weighted by Gasteiger charge is -2.10. The van der Waals surface area contributed by atoms with Crippen LogP contribution in [0.2, 0.25) is 5.02 Å². The fourth-order valence-electron chi connectivity index (χ4n) is 2.40. The minimum Gasteiger partial charge on any atom is -0.502 e. The summed E-state index contributed by atoms with van der Waals surface area (Å²) >= 11 is 11.5. The fourth-order valence-corrected chi connectivity index (χ4v) is 2.91. The molecule has 0 bridgehead atoms. The SMILES string of the molecule is O/C(=C(/C(=S)Nc1cccc(Cl)c1)[n+]1ccccc1)c1ccc(F)cc1. The molecule has 2 aromatic carbocycles. The van der Waals surface area contributed by atoms with Gasteiger partial charge < -0.3 is 10.4 Å². The molecule has 1 aromatic heterocycles. The van der Waals surface area contributed by atoms with Crippen molar-refractivity contribution in [1.82, 2.24) is 0 Å². The van der Waals surface area contributed by atoms with Gasteiger partial charge in [-0.1, -0.05) is 36.0 Å². The van der Waals surface area contributed by atoms with E-state index in [0.29, 0.717) is 27.0 Å². The van der Waals surface area contributed by atoms with E-state index in [-0.39, 0.29) is 11.6 Å². The van der Waals surface area contributed by atoms with Crippen molar-refractivity contribution in [3.05, 3.63) is 95.5 Å². The zero-order valence-corrected chi connectivity index (χ0v) is 15.1. The Morgan fingerprint density at radius 1 is 1.00 bits per heavy atom. The lowest BCUT2D eigenvalue weighted by atomic mass is 10.1. The normalized spacial score (nSPS) is 11.6. The first kappa shape index (κ1) is 18.0. The number of halogens is 2. The zero-order valence-electron chi connectivity index (χ0n) is 13.6. The van der Waals surface area contributed by atoms with E-state index in [2.05, 4.69) is 5.32 Å². The molecule has 0 radical (unpaired) electrons. The summed E-state index contributed by atoms with van der Waals surface area (Å²) in [5.41, 5.74) is 1.52. The van der Waals surface area contributed by atoms with Crippen molar-refractivity contribution < 1.29 is 14.1 Å². The molecule has 26 heavy (non-hydrogen) atoms. The molecule has 0 amide bonds. The van der Waals surface area contributed by atoms with E-state index >= 15 is 0 Å². The molecule has 0 fully saturated rings. The molecule has 3 aromatic rings. The number of nitrogens with zero attached hydrogens (tertiary/aromatic N) is 1. The van der Waals surface area contributed by atoms with Gasteiger partial charge in [0.25, 0.3) is 5.70 Å². The number of pyridine rings is 1. The Bertz CT molecular complexity index is 959. The highest BCUT2D eigenvalue weighted by Crippen LogP contribution is 2.20. The molecule has 6 heteroatoms. The Labute approximate surface area is 161 Å². The third-order valence-corrected chi connectivity index (χ3v) is 4.14. The Morgan fingerprint density at radius 2 is 1.69 bits per heavy atom. The number of hydrogen-bond acceptors (Lipinski definition) is 2. The number of nitrogens with one attached hydrogen (secondary N) is 1. The van der Waals surface area contributed by atoms with E-state index in [1.54, 1.807) is 35.2 Å². The zero-order chi connectivity index (χ0) is 18.5. The van der Waals surface area contributed by atoms with Crippen LogP contribution in [0, 0.1) is 5.82 Å². The summed E-state index contributed by atoms with van der Waals surface area (Å²) in [6, 6.07) is 18.2. The second-order valence-corrected chi connectivity index (χ2v) is 6.30. The van der Waals surface area contributed by atoms with Crippen molar-refractivity contribution >= 4 is 46.0 Å². The monoisotopic (exact) mass is 385 g/mol. The van der Waals surface area contributed by atoms with Crippen molar-refractivity contribution in [2.75, 3.05) is 5.32 Å². The van der Waals surface area contributed by atoms with Crippen molar-refractivity contribution in [2.45, 2.75) is 0 Å². The van der Waals surface area contributed by atoms with Gasteiger partial charge in [0.15, 0.2) is 23.1 Å². The van der Waals surface area contributed by atoms with Gasteiger partial charge in [-0.2, -0.15) is 4.57 Å². The second kappa shape index (κ2) is 8.08. The number of rotatable bonds is 4. The highest BCUT2D eigenvalue weighted by atomic mass is 35.5. The molecule has 0 saturated carbocycles. The number of benzene rings is 2. The number of aliphatic hydroxyl groups is 1. The van der Waals surface area contributed by atoms with E-state index in [9.17, 15) is 9.50 Å². The maximum atomic E-state index is 13.2. The fraction of sp³-hybridized carbons (Fsp3) is 0. The highest BCUT2D eigenvalue weighted by molar-refractivity contribution is 7.81. The smallest absolute Gasteiger partial charge is 0.288 e. The summed E-state index contributed by atoms with van der Waals surface area (Å²) in [5.74, 6) is -0.448. The predicted octanol–water partition coefficient (Wildman–Crippen LogP) is 5.09. The van der Waals surface area contributed by atoms with Crippen molar-refractivity contribution in [3.8, 4) is 0 Å². The first-order valence-electron chi connectivity index (χ1n) is 7.77. The molecule has 0 aliphatic heterocycles. The highest BCUT2D eigenvalue weighted by Gasteiger charge is 2.23. The molecule has 130 valence electrons. The minimum absolute atomic E-state index is 0.0688. The maximum Gasteiger partial charge on any atom is 0.288 e. The number of aliphatic hydroxyl groups excluding tert-OH is 1. The summed E-state index contributed by atoms with van der Waals surface area (Å²) in [4.78, 5) is 0.297. The molecule has 0 saturated heterocycles. The quantitative estimate of drug-likeness (QED) is 0.284. The van der Waals surface area contributed by atoms with Gasteiger partial charge in [-0.3, -0.25) is 0 Å². The van der Waals surface area contributed by atoms with Gasteiger partial charge in [0, 0.05) is 28.4 Å². The predicted molar refractivity (Wildman–Crippen MR) is 106 cm³/mol. The Hall–Kier alpha value is -2.76. The molecule has 1 heterocycles. The largest absolute Gasteiger partial charge is 0.502 e. The van der Waals surface area contributed by atoms with Crippen molar-refractivity contribution in [2.24, 2.45) is 0 Å². The van der Waals surface area contributed by atoms with E-state index in [1.807, 2.05) is 24.3 Å². The van der Waals surface area contributed by atoms with Gasteiger partial charge in [0.2, 0.25) is 0 Å². The molecule has 0 aliphatic rings. The van der Waals surface area contributed by atoms with Crippen LogP contribution in [0.3, 0.4) is 0 Å². The molecule has 3 rings (SSSR count). The average Bonchev–Trinajstić information content (AvgIpc) is 2.63. The molecular weight excluding hydrogens is 371 g/mol. The van der Waals surface area contributed by atoms with Crippen LogP contribution in [0.15, 0.2) is 79.1 Å². The number of hydrogen-bond donors (Lipinski definition) is 2. The van der Waals surface area contributed by atoms with Crippen LogP contribution in [0.1, 0.15) is 5.56 Å². The topological polar surface area (TPSA) is 36.1 Å². The van der Waals surface area contributed by atoms with Gasteiger partial charge in [-0.15, -0.1) is 0 Å². The Balaban J connectivity index is 2.05. The van der Waals surface area contributed by atoms with Crippen LogP contribution in [0.4, 0.5) is 10.1 Å². The maximum absolute atomic E-state index is 13.2. The summed E-state index contributed by atoms with van der Waals surface area (Å²) in [7, 11) is 0. The van der Waals surface area contributed by atoms with E-state index in [0.717, 1.165) is 0 Å². The summed E-state index contributed by atoms with van der Waals surface area (Å²) < 4.78 is 14.9. The molecule has 0 unspecified atom stereocenters. The van der Waals surface area contributed by atoms with Crippen LogP contribution in [-0.2, 0) is 0 Å². The first-order valence-corrected chi connectivity index (χ1v) is 8.56. The van der Waals surface area contributed by atoms with Crippen LogP contribution in [-0.4, -0.2) is 10.1 Å². The molecule has 0 aliphatic carbocycles. The van der Waals surface area contributed by atoms with Gasteiger partial charge in [-0.05, 0) is 42.5 Å². The molecule has 0 spiro atoms. The molecule has 3 nitrogen and oxygen atoms in total. The van der Waals surface area contributed by atoms with E-state index in [1.165, 1.54) is 24.3 Å². The van der Waals surface area contributed by atoms with Crippen LogP contribution < -0.4 is 9.88 Å². The van der Waals surface area contributed by atoms with Crippen molar-refractivity contribution in [3.63, 3.8) is 0 Å². The number of aromatic nitrogens is 1. The Morgan fingerprint density at radius 3 is 2.35 bits per heavy atom. The molecule has 0 atom stereocenters. The minimum atomic E-state index is -0.380. The lowest BCUT2D eigenvalue weighted by molar-refractivity contribution is -0.575. The van der Waals surface area contributed by atoms with Gasteiger partial charge in [0.1, 0.15) is 5.82 Å². The average molecular weight is 386 g/mol. The standard InChI is InChI=1S/C20H14ClFN2OS/c21-15-5-4-6-17(13-15)23-20(26)18(24-11-2-1-3-12-24)19(25)14-7-9-16(22)10-8-14/h1-13H,(H-,23,25,26)/p+1. The molecular formula is C20H15ClFN2OS+. The van der Waals surface area contributed by atoms with Gasteiger partial charge >= 0.3 is 0 Å². The van der Waals surface area contributed by atoms with Gasteiger partial charge in [-0.25, -0.2) is 4.39 Å². The lowest BCUT2D eigenvalue weighted by Crippen LogP contribution is -2.38. The van der Waals surface area contributed by atoms with Crippen molar-refractivity contribution in [1.29, 1.82) is 0 Å². The summed E-state index contributed by atoms with van der Waals surface area (Å²) in [5, 5.41) is 14.5. The van der Waals surface area contributed by atoms with E-state index in [4.69, 9.17) is 23.8 Å². The van der Waals surface area contributed by atoms with Crippen LogP contribution in [0.5, 0.6) is 0 Å². The molecule has 2 N–H and O–H groups in total. The summed E-state index contributed by atoms with van der Waals surface area (Å²) in [6.45, 7) is 0. The number of thiocarbonyl (C=S) groups is 1. The van der Waals surface area contributed by atoms with Gasteiger partial charge in [0.05, 0.1) is 0 Å². The first-order chi connectivity index (χ1) is 12.5. The third kappa shape index (κ3) is 4.25. The third-order valence-electron chi connectivity index (χ3n) is 3.61. The van der Waals surface area contributed by atoms with Crippen LogP contribution in [0.25, 0.3) is 11.5 Å². The summed E-state index contributed by atoms with van der Waals surface area (Å²) in [6.07, 6.45) is 3.53. The number of anilines is 1. The Kier molecular flexibility index (Phi) is 5.61. The van der Waals surface area contributed by atoms with E-state index < -0.39 is 0 Å². The second-order valence-electron chi connectivity index (χ2n) is 5.45. The van der Waals surface area contributed by atoms with Crippen LogP contribution >= 0.6 is 23.8 Å².